The molecule has 12 heteroatoms. The number of carbonyl (C=O) groups excluding carboxylic acids is 2. The van der Waals surface area contributed by atoms with Gasteiger partial charge < -0.3 is 24.3 Å². The molecule has 1 N–H and O–H groups in total. The highest BCUT2D eigenvalue weighted by molar-refractivity contribution is 5.95. The number of amides is 1. The minimum atomic E-state index is -4.65. The maximum atomic E-state index is 13.0. The summed E-state index contributed by atoms with van der Waals surface area (Å²) >= 11 is 0. The minimum absolute atomic E-state index is 0.0242. The number of rotatable bonds is 11. The first kappa shape index (κ1) is 26.6. The molecule has 0 aliphatic rings. The van der Waals surface area contributed by atoms with Crippen LogP contribution in [0.15, 0.2) is 48.5 Å². The van der Waals surface area contributed by atoms with Gasteiger partial charge in [0.15, 0.2) is 6.61 Å². The Kier molecular flexibility index (Phi) is 9.80. The monoisotopic (exact) mass is 489 g/mol. The molecule has 0 saturated heterocycles. The molecule has 184 valence electrons. The highest BCUT2D eigenvalue weighted by Gasteiger charge is 2.31. The second-order valence-electron chi connectivity index (χ2n) is 6.49. The van der Waals surface area contributed by atoms with E-state index in [0.29, 0.717) is 11.6 Å². The van der Waals surface area contributed by atoms with E-state index in [1.807, 2.05) is 0 Å². The first-order valence-corrected chi connectivity index (χ1v) is 9.61. The van der Waals surface area contributed by atoms with E-state index in [1.54, 1.807) is 0 Å². The number of hydrogen-bond acceptors (Lipinski definition) is 6. The van der Waals surface area contributed by atoms with Crippen LogP contribution in [-0.4, -0.2) is 45.4 Å². The summed E-state index contributed by atoms with van der Waals surface area (Å²) in [6.45, 7) is -3.55. The van der Waals surface area contributed by atoms with Crippen molar-refractivity contribution < 1.29 is 50.5 Å². The number of hydrogen-bond donors (Lipinski definition) is 1. The number of nitrogens with one attached hydrogen (secondary N) is 1. The number of methoxy groups -OCH3 is 1. The molecule has 0 radical (unpaired) electrons. The van der Waals surface area contributed by atoms with Crippen molar-refractivity contribution in [1.29, 1.82) is 0 Å². The van der Waals surface area contributed by atoms with Gasteiger partial charge in [-0.05, 0) is 42.0 Å². The summed E-state index contributed by atoms with van der Waals surface area (Å²) in [6, 6.07) is 7.91. The summed E-state index contributed by atoms with van der Waals surface area (Å²) in [5.41, 5.74) is -0.801. The summed E-state index contributed by atoms with van der Waals surface area (Å²) in [6.07, 6.45) is -2.35. The van der Waals surface area contributed by atoms with Crippen LogP contribution in [0.4, 0.5) is 27.6 Å². The zero-order valence-corrected chi connectivity index (χ0v) is 17.7. The molecule has 0 heterocycles. The molecular weight excluding hydrogens is 469 g/mol. The third-order valence-electron chi connectivity index (χ3n) is 3.99. The zero-order valence-electron chi connectivity index (χ0n) is 17.7. The van der Waals surface area contributed by atoms with Gasteiger partial charge >= 0.3 is 18.8 Å². The van der Waals surface area contributed by atoms with Crippen LogP contribution in [0.5, 0.6) is 11.5 Å². The van der Waals surface area contributed by atoms with Gasteiger partial charge in [0.2, 0.25) is 0 Å². The SMILES string of the molecule is COCCOc1ccc(C(F)(F)F)cc1NC(=O)COC(=O)/C=C/c1ccc(OC(F)F)cc1. The number of ether oxygens (including phenoxy) is 4. The maximum absolute atomic E-state index is 13.0. The Hall–Kier alpha value is -3.67. The van der Waals surface area contributed by atoms with Crippen LogP contribution in [-0.2, 0) is 25.2 Å². The van der Waals surface area contributed by atoms with E-state index >= 15 is 0 Å². The Morgan fingerprint density at radius 1 is 1.06 bits per heavy atom. The Bertz CT molecular complexity index is 992. The lowest BCUT2D eigenvalue weighted by atomic mass is 10.1. The fourth-order valence-electron chi connectivity index (χ4n) is 2.46. The second kappa shape index (κ2) is 12.5. The molecule has 2 aromatic rings. The summed E-state index contributed by atoms with van der Waals surface area (Å²) < 4.78 is 82.4. The van der Waals surface area contributed by atoms with Crippen molar-refractivity contribution in [1.82, 2.24) is 0 Å². The molecule has 0 saturated carbocycles. The minimum Gasteiger partial charge on any atom is -0.489 e. The number of benzene rings is 2. The molecule has 0 aliphatic heterocycles. The van der Waals surface area contributed by atoms with Gasteiger partial charge in [0, 0.05) is 13.2 Å². The van der Waals surface area contributed by atoms with E-state index < -0.39 is 36.8 Å². The molecule has 2 aromatic carbocycles. The Balaban J connectivity index is 1.95. The molecule has 1 amide bonds. The molecule has 0 fully saturated rings. The first-order valence-electron chi connectivity index (χ1n) is 9.61. The van der Waals surface area contributed by atoms with Crippen LogP contribution in [0.1, 0.15) is 11.1 Å². The van der Waals surface area contributed by atoms with Crippen molar-refractivity contribution in [2.45, 2.75) is 12.8 Å². The van der Waals surface area contributed by atoms with Crippen LogP contribution in [0.25, 0.3) is 6.08 Å². The predicted molar refractivity (Wildman–Crippen MR) is 111 cm³/mol. The summed E-state index contributed by atoms with van der Waals surface area (Å²) in [7, 11) is 1.42. The van der Waals surface area contributed by atoms with Crippen LogP contribution < -0.4 is 14.8 Å². The molecule has 0 aromatic heterocycles. The molecule has 2 rings (SSSR count). The molecular formula is C22H20F5NO6. The Morgan fingerprint density at radius 2 is 1.76 bits per heavy atom. The first-order chi connectivity index (χ1) is 16.1. The molecule has 0 aliphatic carbocycles. The van der Waals surface area contributed by atoms with Crippen LogP contribution >= 0.6 is 0 Å². The van der Waals surface area contributed by atoms with E-state index in [0.717, 1.165) is 18.2 Å². The van der Waals surface area contributed by atoms with Gasteiger partial charge in [0.1, 0.15) is 18.1 Å². The van der Waals surface area contributed by atoms with Crippen molar-refractivity contribution in [2.75, 3.05) is 32.2 Å². The van der Waals surface area contributed by atoms with Gasteiger partial charge in [-0.3, -0.25) is 4.79 Å². The van der Waals surface area contributed by atoms with E-state index in [1.165, 1.54) is 37.5 Å². The van der Waals surface area contributed by atoms with Gasteiger partial charge in [0.05, 0.1) is 17.9 Å². The lowest BCUT2D eigenvalue weighted by Crippen LogP contribution is -2.21. The van der Waals surface area contributed by atoms with Gasteiger partial charge in [-0.2, -0.15) is 22.0 Å². The molecule has 0 atom stereocenters. The number of esters is 1. The van der Waals surface area contributed by atoms with Crippen molar-refractivity contribution in [2.24, 2.45) is 0 Å². The smallest absolute Gasteiger partial charge is 0.416 e. The second-order valence-corrected chi connectivity index (χ2v) is 6.49. The predicted octanol–water partition coefficient (Wildman–Crippen LogP) is 4.53. The van der Waals surface area contributed by atoms with Gasteiger partial charge in [0.25, 0.3) is 5.91 Å². The number of anilines is 1. The average molecular weight is 489 g/mol. The van der Waals surface area contributed by atoms with E-state index in [4.69, 9.17) is 14.2 Å². The third kappa shape index (κ3) is 9.06. The van der Waals surface area contributed by atoms with Crippen LogP contribution in [0.2, 0.25) is 0 Å². The average Bonchev–Trinajstić information content (AvgIpc) is 2.77. The molecule has 7 nitrogen and oxygen atoms in total. The third-order valence-corrected chi connectivity index (χ3v) is 3.99. The normalized spacial score (nSPS) is 11.5. The molecule has 0 bridgehead atoms. The molecule has 0 spiro atoms. The highest BCUT2D eigenvalue weighted by Crippen LogP contribution is 2.35. The topological polar surface area (TPSA) is 83.1 Å². The Labute approximate surface area is 191 Å². The maximum Gasteiger partial charge on any atom is 0.416 e. The van der Waals surface area contributed by atoms with E-state index in [-0.39, 0.29) is 30.4 Å². The van der Waals surface area contributed by atoms with Crippen molar-refractivity contribution in [3.05, 3.63) is 59.7 Å². The highest BCUT2D eigenvalue weighted by atomic mass is 19.4. The van der Waals surface area contributed by atoms with Gasteiger partial charge in [-0.1, -0.05) is 12.1 Å². The number of alkyl halides is 5. The molecule has 34 heavy (non-hydrogen) atoms. The fourth-order valence-corrected chi connectivity index (χ4v) is 2.46. The van der Waals surface area contributed by atoms with Crippen molar-refractivity contribution >= 4 is 23.6 Å². The van der Waals surface area contributed by atoms with Crippen molar-refractivity contribution in [3.63, 3.8) is 0 Å². The van der Waals surface area contributed by atoms with Gasteiger partial charge in [-0.25, -0.2) is 4.79 Å². The molecule has 0 unspecified atom stereocenters. The van der Waals surface area contributed by atoms with E-state index in [9.17, 15) is 31.5 Å². The Morgan fingerprint density at radius 3 is 2.38 bits per heavy atom. The standard InChI is InChI=1S/C22H20F5NO6/c1-31-10-11-32-18-8-5-15(22(25,26)27)12-17(18)28-19(29)13-33-20(30)9-4-14-2-6-16(7-3-14)34-21(23)24/h2-9,12,21H,10-11,13H2,1H3,(H,28,29)/b9-4+. The summed E-state index contributed by atoms with van der Waals surface area (Å²) in [5.74, 6) is -1.90. The summed E-state index contributed by atoms with van der Waals surface area (Å²) in [5, 5.41) is 2.22. The fraction of sp³-hybridized carbons (Fsp3) is 0.273. The van der Waals surface area contributed by atoms with Crippen molar-refractivity contribution in [3.8, 4) is 11.5 Å². The largest absolute Gasteiger partial charge is 0.489 e. The number of halogens is 5. The lowest BCUT2D eigenvalue weighted by molar-refractivity contribution is -0.142. The lowest BCUT2D eigenvalue weighted by Gasteiger charge is -2.15. The quantitative estimate of drug-likeness (QED) is 0.216. The number of carbonyl (C=O) groups is 2. The van der Waals surface area contributed by atoms with Crippen LogP contribution in [0.3, 0.4) is 0 Å². The van der Waals surface area contributed by atoms with Gasteiger partial charge in [-0.15, -0.1) is 0 Å². The van der Waals surface area contributed by atoms with E-state index in [2.05, 4.69) is 10.1 Å². The summed E-state index contributed by atoms with van der Waals surface area (Å²) in [4.78, 5) is 23.9. The zero-order chi connectivity index (χ0) is 25.1. The van der Waals surface area contributed by atoms with Crippen LogP contribution in [0, 0.1) is 0 Å².